The monoisotopic (exact) mass is 403 g/mol. The molecule has 30 heavy (non-hydrogen) atoms. The Labute approximate surface area is 175 Å². The van der Waals surface area contributed by atoms with Crippen LogP contribution in [0.25, 0.3) is 16.9 Å². The zero-order valence-corrected chi connectivity index (χ0v) is 17.6. The van der Waals surface area contributed by atoms with Crippen LogP contribution in [0.4, 0.5) is 5.82 Å². The third-order valence-electron chi connectivity index (χ3n) is 5.32. The molecule has 0 atom stereocenters. The van der Waals surface area contributed by atoms with E-state index >= 15 is 0 Å². The fourth-order valence-electron chi connectivity index (χ4n) is 3.66. The van der Waals surface area contributed by atoms with Gasteiger partial charge in [0.2, 0.25) is 0 Å². The lowest BCUT2D eigenvalue weighted by molar-refractivity contribution is 0.354. The molecule has 7 heteroatoms. The number of benzene rings is 1. The third kappa shape index (κ3) is 3.54. The second kappa shape index (κ2) is 8.41. The number of nitrogens with one attached hydrogen (secondary N) is 1. The van der Waals surface area contributed by atoms with E-state index in [9.17, 15) is 0 Å². The first-order chi connectivity index (χ1) is 14.6. The van der Waals surface area contributed by atoms with Crippen molar-refractivity contribution in [2.24, 2.45) is 0 Å². The molecule has 0 spiro atoms. The van der Waals surface area contributed by atoms with Gasteiger partial charge >= 0.3 is 0 Å². The standard InChI is InChI=1S/C23H25N5O2/c1-15-16(2)28(20-7-5-6-11-24-20)23-21(15)22(26-14-27-23)25-12-10-17-8-9-18(29-3)19(13-17)30-4/h5-9,11,13-14H,10,12H2,1-4H3,(H,25,26,27). The first-order valence-corrected chi connectivity index (χ1v) is 9.82. The van der Waals surface area contributed by atoms with Gasteiger partial charge in [0.15, 0.2) is 17.1 Å². The summed E-state index contributed by atoms with van der Waals surface area (Å²) in [6.07, 6.45) is 4.21. The smallest absolute Gasteiger partial charge is 0.160 e. The highest BCUT2D eigenvalue weighted by Gasteiger charge is 2.18. The van der Waals surface area contributed by atoms with E-state index in [2.05, 4.69) is 38.7 Å². The fraction of sp³-hybridized carbons (Fsp3) is 0.261. The third-order valence-corrected chi connectivity index (χ3v) is 5.32. The number of methoxy groups -OCH3 is 2. The molecule has 1 aromatic carbocycles. The number of fused-ring (bicyclic) bond motifs is 1. The summed E-state index contributed by atoms with van der Waals surface area (Å²) in [4.78, 5) is 13.6. The molecule has 7 nitrogen and oxygen atoms in total. The van der Waals surface area contributed by atoms with E-state index in [1.54, 1.807) is 26.7 Å². The minimum Gasteiger partial charge on any atom is -0.493 e. The van der Waals surface area contributed by atoms with E-state index in [4.69, 9.17) is 9.47 Å². The summed E-state index contributed by atoms with van der Waals surface area (Å²) in [7, 11) is 3.29. The number of rotatable bonds is 7. The average Bonchev–Trinajstić information content (AvgIpc) is 3.05. The molecule has 0 aliphatic carbocycles. The van der Waals surface area contributed by atoms with Crippen molar-refractivity contribution in [3.05, 3.63) is 65.7 Å². The van der Waals surface area contributed by atoms with Crippen LogP contribution < -0.4 is 14.8 Å². The molecule has 1 N–H and O–H groups in total. The molecule has 3 heterocycles. The molecule has 0 fully saturated rings. The van der Waals surface area contributed by atoms with Gasteiger partial charge in [0.1, 0.15) is 18.0 Å². The number of aryl methyl sites for hydroxylation is 1. The van der Waals surface area contributed by atoms with Crippen LogP contribution in [0.5, 0.6) is 11.5 Å². The number of ether oxygens (including phenoxy) is 2. The van der Waals surface area contributed by atoms with Crippen molar-refractivity contribution in [2.45, 2.75) is 20.3 Å². The van der Waals surface area contributed by atoms with Crippen LogP contribution in [0, 0.1) is 13.8 Å². The van der Waals surface area contributed by atoms with Crippen molar-refractivity contribution in [1.29, 1.82) is 0 Å². The molecule has 0 saturated carbocycles. The van der Waals surface area contributed by atoms with Crippen molar-refractivity contribution in [1.82, 2.24) is 19.5 Å². The molecule has 0 saturated heterocycles. The highest BCUT2D eigenvalue weighted by Crippen LogP contribution is 2.31. The number of hydrogen-bond acceptors (Lipinski definition) is 6. The van der Waals surface area contributed by atoms with Crippen molar-refractivity contribution in [3.63, 3.8) is 0 Å². The van der Waals surface area contributed by atoms with Crippen molar-refractivity contribution >= 4 is 16.9 Å². The molecule has 3 aromatic heterocycles. The van der Waals surface area contributed by atoms with Crippen LogP contribution in [0.3, 0.4) is 0 Å². The Bertz CT molecular complexity index is 1170. The van der Waals surface area contributed by atoms with Crippen LogP contribution in [0.1, 0.15) is 16.8 Å². The van der Waals surface area contributed by atoms with Gasteiger partial charge in [-0.15, -0.1) is 0 Å². The highest BCUT2D eigenvalue weighted by molar-refractivity contribution is 5.92. The zero-order valence-electron chi connectivity index (χ0n) is 17.6. The summed E-state index contributed by atoms with van der Waals surface area (Å²) in [6, 6.07) is 11.9. The van der Waals surface area contributed by atoms with E-state index in [0.717, 1.165) is 64.0 Å². The molecule has 0 bridgehead atoms. The normalized spacial score (nSPS) is 10.9. The van der Waals surface area contributed by atoms with Crippen LogP contribution in [-0.4, -0.2) is 40.3 Å². The number of pyridine rings is 1. The summed E-state index contributed by atoms with van der Waals surface area (Å²) in [5.41, 5.74) is 4.26. The molecule has 154 valence electrons. The zero-order chi connectivity index (χ0) is 21.1. The Morgan fingerprint density at radius 3 is 2.53 bits per heavy atom. The molecular weight excluding hydrogens is 378 g/mol. The van der Waals surface area contributed by atoms with Gasteiger partial charge in [-0.1, -0.05) is 12.1 Å². The van der Waals surface area contributed by atoms with E-state index in [-0.39, 0.29) is 0 Å². The van der Waals surface area contributed by atoms with Gasteiger partial charge in [-0.05, 0) is 55.7 Å². The lowest BCUT2D eigenvalue weighted by atomic mass is 10.1. The molecule has 4 aromatic rings. The maximum Gasteiger partial charge on any atom is 0.160 e. The van der Waals surface area contributed by atoms with Crippen LogP contribution in [0.15, 0.2) is 48.9 Å². The summed E-state index contributed by atoms with van der Waals surface area (Å²) in [5.74, 6) is 3.14. The predicted octanol–water partition coefficient (Wildman–Crippen LogP) is 4.10. The Morgan fingerprint density at radius 2 is 1.80 bits per heavy atom. The van der Waals surface area contributed by atoms with Crippen molar-refractivity contribution in [2.75, 3.05) is 26.1 Å². The molecular formula is C23H25N5O2. The molecule has 0 aliphatic rings. The maximum absolute atomic E-state index is 5.40. The molecule has 0 radical (unpaired) electrons. The number of aromatic nitrogens is 4. The second-order valence-electron chi connectivity index (χ2n) is 7.02. The number of nitrogens with zero attached hydrogens (tertiary/aromatic N) is 4. The highest BCUT2D eigenvalue weighted by atomic mass is 16.5. The summed E-state index contributed by atoms with van der Waals surface area (Å²) in [5, 5.41) is 4.50. The van der Waals surface area contributed by atoms with Gasteiger partial charge < -0.3 is 14.8 Å². The summed E-state index contributed by atoms with van der Waals surface area (Å²) < 4.78 is 12.8. The van der Waals surface area contributed by atoms with Gasteiger partial charge in [0.05, 0.1) is 19.6 Å². The van der Waals surface area contributed by atoms with Gasteiger partial charge in [-0.25, -0.2) is 15.0 Å². The van der Waals surface area contributed by atoms with Gasteiger partial charge in [-0.2, -0.15) is 0 Å². The lowest BCUT2D eigenvalue weighted by Crippen LogP contribution is -2.07. The van der Waals surface area contributed by atoms with Crippen LogP contribution in [-0.2, 0) is 6.42 Å². The Hall–Kier alpha value is -3.61. The maximum atomic E-state index is 5.40. The second-order valence-corrected chi connectivity index (χ2v) is 7.02. The van der Waals surface area contributed by atoms with Crippen molar-refractivity contribution < 1.29 is 9.47 Å². The Morgan fingerprint density at radius 1 is 0.967 bits per heavy atom. The molecule has 0 amide bonds. The number of hydrogen-bond donors (Lipinski definition) is 1. The van der Waals surface area contributed by atoms with E-state index < -0.39 is 0 Å². The van der Waals surface area contributed by atoms with Crippen LogP contribution in [0.2, 0.25) is 0 Å². The topological polar surface area (TPSA) is 74.1 Å². The van der Waals surface area contributed by atoms with Gasteiger partial charge in [0, 0.05) is 18.4 Å². The molecule has 0 unspecified atom stereocenters. The predicted molar refractivity (Wildman–Crippen MR) is 118 cm³/mol. The Kier molecular flexibility index (Phi) is 5.52. The fourth-order valence-corrected chi connectivity index (χ4v) is 3.66. The van der Waals surface area contributed by atoms with E-state index in [1.807, 2.05) is 36.4 Å². The summed E-state index contributed by atoms with van der Waals surface area (Å²) >= 11 is 0. The lowest BCUT2D eigenvalue weighted by Gasteiger charge is -2.11. The van der Waals surface area contributed by atoms with E-state index in [0.29, 0.717) is 0 Å². The van der Waals surface area contributed by atoms with Crippen LogP contribution >= 0.6 is 0 Å². The summed E-state index contributed by atoms with van der Waals surface area (Å²) in [6.45, 7) is 4.91. The largest absolute Gasteiger partial charge is 0.493 e. The SMILES string of the molecule is COc1ccc(CCNc2ncnc3c2c(C)c(C)n3-c2ccccn2)cc1OC. The average molecular weight is 403 g/mol. The first kappa shape index (κ1) is 19.7. The Balaban J connectivity index is 1.60. The molecule has 4 rings (SSSR count). The number of anilines is 1. The first-order valence-electron chi connectivity index (χ1n) is 9.82. The van der Waals surface area contributed by atoms with Gasteiger partial charge in [-0.3, -0.25) is 4.57 Å². The van der Waals surface area contributed by atoms with Gasteiger partial charge in [0.25, 0.3) is 0 Å². The minimum atomic E-state index is 0.730. The quantitative estimate of drug-likeness (QED) is 0.501. The molecule has 0 aliphatic heterocycles. The minimum absolute atomic E-state index is 0.730. The van der Waals surface area contributed by atoms with Crippen molar-refractivity contribution in [3.8, 4) is 17.3 Å². The van der Waals surface area contributed by atoms with E-state index in [1.165, 1.54) is 0 Å².